The molecule has 10 heteroatoms. The number of aryl methyl sites for hydroxylation is 2. The molecule has 1 N–H and O–H groups in total. The Hall–Kier alpha value is -3.22. The molecule has 4 aromatic rings. The molecule has 6 fully saturated rings. The number of hydrogen-bond acceptors (Lipinski definition) is 5. The molecular formula is C37H36Cl2FN5O2. The molecule has 3 saturated carbocycles. The largest absolute Gasteiger partial charge is 0.381 e. The Bertz CT molecular complexity index is 2130. The van der Waals surface area contributed by atoms with Crippen molar-refractivity contribution >= 4 is 50.9 Å². The minimum absolute atomic E-state index is 0.00373. The zero-order valence-electron chi connectivity index (χ0n) is 28.9. The second-order valence-electron chi connectivity index (χ2n) is 14.2. The van der Waals surface area contributed by atoms with Crippen molar-refractivity contribution in [3.63, 3.8) is 0 Å². The van der Waals surface area contributed by atoms with Gasteiger partial charge in [-0.15, -0.1) is 0 Å². The Morgan fingerprint density at radius 3 is 2.81 bits per heavy atom. The number of carbonyl (C=O) groups excluding carboxylic acids is 1. The van der Waals surface area contributed by atoms with Crippen LogP contribution in [0.25, 0.3) is 32.9 Å². The number of nitrogens with one attached hydrogen (secondary N) is 1. The van der Waals surface area contributed by atoms with Crippen molar-refractivity contribution in [2.75, 3.05) is 13.6 Å². The van der Waals surface area contributed by atoms with Crippen LogP contribution < -0.4 is 5.32 Å². The Kier molecular flexibility index (Phi) is 6.19. The Morgan fingerprint density at radius 1 is 1.23 bits per heavy atom. The Morgan fingerprint density at radius 2 is 2.09 bits per heavy atom. The van der Waals surface area contributed by atoms with Crippen molar-refractivity contribution in [3.8, 4) is 17.2 Å². The number of rotatable bonds is 7. The molecule has 2 aromatic carbocycles. The van der Waals surface area contributed by atoms with E-state index in [0.29, 0.717) is 52.4 Å². The number of amides is 1. The molecule has 10 rings (SSSR count). The predicted octanol–water partition coefficient (Wildman–Crippen LogP) is 7.69. The van der Waals surface area contributed by atoms with E-state index in [9.17, 15) is 10.1 Å². The van der Waals surface area contributed by atoms with Crippen LogP contribution in [0.3, 0.4) is 0 Å². The van der Waals surface area contributed by atoms with E-state index < -0.39 is 19.0 Å². The number of hydrogen-bond donors (Lipinski definition) is 1. The second-order valence-corrected chi connectivity index (χ2v) is 15.0. The highest BCUT2D eigenvalue weighted by Crippen LogP contribution is 2.56. The van der Waals surface area contributed by atoms with Gasteiger partial charge in [0.15, 0.2) is 5.82 Å². The van der Waals surface area contributed by atoms with Gasteiger partial charge in [-0.3, -0.25) is 4.79 Å². The summed E-state index contributed by atoms with van der Waals surface area (Å²) in [5.41, 5.74) is 4.00. The fourth-order valence-corrected chi connectivity index (χ4v) is 9.82. The number of benzene rings is 2. The van der Waals surface area contributed by atoms with Gasteiger partial charge >= 0.3 is 0 Å². The van der Waals surface area contributed by atoms with E-state index in [1.807, 2.05) is 17.9 Å². The molecule has 3 aliphatic carbocycles. The summed E-state index contributed by atoms with van der Waals surface area (Å²) in [6.45, 7) is 2.74. The first-order valence-electron chi connectivity index (χ1n) is 18.2. The molecule has 6 aliphatic rings. The lowest BCUT2D eigenvalue weighted by molar-refractivity contribution is -0.139. The van der Waals surface area contributed by atoms with Crippen molar-refractivity contribution in [2.45, 2.75) is 82.1 Å². The molecular weight excluding hydrogens is 636 g/mol. The van der Waals surface area contributed by atoms with Gasteiger partial charge in [0.25, 0.3) is 0 Å². The normalized spacial score (nSPS) is 30.4. The third kappa shape index (κ3) is 4.29. The third-order valence-corrected chi connectivity index (χ3v) is 12.5. The van der Waals surface area contributed by atoms with E-state index in [2.05, 4.69) is 22.0 Å². The smallest absolute Gasteiger partial charge is 0.226 e. The van der Waals surface area contributed by atoms with Gasteiger partial charge in [-0.1, -0.05) is 35.3 Å². The zero-order valence-corrected chi connectivity index (χ0v) is 27.4. The first-order chi connectivity index (χ1) is 23.9. The molecule has 5 heterocycles. The summed E-state index contributed by atoms with van der Waals surface area (Å²) in [4.78, 5) is 21.0. The number of fused-ring (bicyclic) bond motifs is 6. The highest BCUT2D eigenvalue weighted by molar-refractivity contribution is 6.43. The first-order valence-corrected chi connectivity index (χ1v) is 17.4. The number of ether oxygens (including phenoxy) is 1. The fourth-order valence-electron chi connectivity index (χ4n) is 9.42. The van der Waals surface area contributed by atoms with E-state index in [0.717, 1.165) is 42.4 Å². The number of carbonyl (C=O) groups is 1. The van der Waals surface area contributed by atoms with Gasteiger partial charge in [0.2, 0.25) is 5.91 Å². The minimum Gasteiger partial charge on any atom is -0.381 e. The number of likely N-dealkylation sites (tertiary alicyclic amines) is 1. The molecule has 3 saturated heterocycles. The lowest BCUT2D eigenvalue weighted by Gasteiger charge is -2.43. The van der Waals surface area contributed by atoms with Crippen molar-refractivity contribution in [1.82, 2.24) is 19.8 Å². The first kappa shape index (κ1) is 26.7. The van der Waals surface area contributed by atoms with Gasteiger partial charge in [-0.05, 0) is 75.1 Å². The van der Waals surface area contributed by atoms with Gasteiger partial charge in [-0.2, -0.15) is 5.26 Å². The third-order valence-electron chi connectivity index (χ3n) is 11.7. The fraction of sp³-hybridized carbons (Fsp3) is 0.486. The van der Waals surface area contributed by atoms with Crippen LogP contribution in [0.2, 0.25) is 10.0 Å². The van der Waals surface area contributed by atoms with Crippen LogP contribution in [0.4, 0.5) is 4.39 Å². The summed E-state index contributed by atoms with van der Waals surface area (Å²) in [5, 5.41) is 15.3. The highest BCUT2D eigenvalue weighted by atomic mass is 35.5. The van der Waals surface area contributed by atoms with Crippen molar-refractivity contribution in [1.29, 1.82) is 5.26 Å². The maximum atomic E-state index is 17.2. The number of nitrogens with zero attached hydrogens (tertiary/aromatic N) is 4. The van der Waals surface area contributed by atoms with E-state index in [1.165, 1.54) is 0 Å². The van der Waals surface area contributed by atoms with Gasteiger partial charge in [0, 0.05) is 77.2 Å². The number of halogens is 3. The van der Waals surface area contributed by atoms with Crippen molar-refractivity contribution in [2.24, 2.45) is 17.8 Å². The average molecular weight is 676 g/mol. The maximum Gasteiger partial charge on any atom is 0.226 e. The van der Waals surface area contributed by atoms with Crippen LogP contribution in [0.15, 0.2) is 30.3 Å². The van der Waals surface area contributed by atoms with Gasteiger partial charge in [-0.25, -0.2) is 9.37 Å². The maximum absolute atomic E-state index is 17.2. The molecule has 7 atom stereocenters. The highest BCUT2D eigenvalue weighted by Gasteiger charge is 2.58. The lowest BCUT2D eigenvalue weighted by Crippen LogP contribution is -2.47. The SMILES string of the molecule is [2H]C([2H])([2H])O[C@H]1C[C@H]2C[C@@H]1[C@H](c1cc3c(C)nc4c(F)c(-c5cccc(Cl)c5Cl)c(CCC#N)cc4c3n1C1[C@H]3CN[C@@H]1C3)N2C(=O)C1CC1. The zero-order chi connectivity index (χ0) is 34.8. The van der Waals surface area contributed by atoms with Crippen molar-refractivity contribution < 1.29 is 18.0 Å². The molecule has 2 aromatic heterocycles. The number of pyridine rings is 1. The summed E-state index contributed by atoms with van der Waals surface area (Å²) in [5.74, 6) is -0.239. The minimum atomic E-state index is -2.55. The monoisotopic (exact) mass is 674 g/mol. The average Bonchev–Trinajstić information content (AvgIpc) is 3.44. The van der Waals surface area contributed by atoms with Crippen LogP contribution in [-0.2, 0) is 16.0 Å². The quantitative estimate of drug-likeness (QED) is 0.217. The summed E-state index contributed by atoms with van der Waals surface area (Å²) in [7, 11) is -2.55. The number of aromatic nitrogens is 2. The van der Waals surface area contributed by atoms with Crippen LogP contribution in [-0.4, -0.2) is 52.1 Å². The standard InChI is InChI=1S/C37H36Cl2FN5O2/c1-17-23-15-28(36-24-13-21(14-29(24)47-2)44(36)37(46)18-8-9-18)45(34-20-12-27(34)42-16-20)35(23)25-11-19(5-4-10-41)30(32(40)33(25)43-17)22-6-3-7-26(38)31(22)39/h3,6-7,11,15,18,20-21,24,27,29,34,36,42H,4-5,8-9,12-14,16H2,1-2H3/t20-,21-,24+,27-,29+,34?,36-/m1/s1/i2D3. The summed E-state index contributed by atoms with van der Waals surface area (Å²) < 4.78 is 49.0. The van der Waals surface area contributed by atoms with Gasteiger partial charge in [0.1, 0.15) is 5.52 Å². The second kappa shape index (κ2) is 10.9. The summed E-state index contributed by atoms with van der Waals surface area (Å²) >= 11 is 13.1. The molecule has 1 unspecified atom stereocenters. The number of nitriles is 1. The Labute approximate surface area is 287 Å². The van der Waals surface area contributed by atoms with Gasteiger partial charge in [0.05, 0.1) is 43.9 Å². The van der Waals surface area contributed by atoms with E-state index in [-0.39, 0.29) is 64.4 Å². The molecule has 0 radical (unpaired) electrons. The van der Waals surface area contributed by atoms with E-state index in [1.54, 1.807) is 18.2 Å². The van der Waals surface area contributed by atoms with Gasteiger partial charge < -0.3 is 19.5 Å². The van der Waals surface area contributed by atoms with Crippen LogP contribution in [0, 0.1) is 41.8 Å². The van der Waals surface area contributed by atoms with E-state index >= 15 is 4.39 Å². The molecule has 4 bridgehead atoms. The molecule has 242 valence electrons. The summed E-state index contributed by atoms with van der Waals surface area (Å²) in [6, 6.07) is 11.2. The van der Waals surface area contributed by atoms with Crippen LogP contribution in [0.5, 0.6) is 0 Å². The number of piperidine rings is 1. The molecule has 47 heavy (non-hydrogen) atoms. The van der Waals surface area contributed by atoms with Crippen LogP contribution in [0.1, 0.15) is 71.7 Å². The molecule has 0 spiro atoms. The topological polar surface area (TPSA) is 83.2 Å². The number of methoxy groups -OCH3 is 1. The Balaban J connectivity index is 1.31. The van der Waals surface area contributed by atoms with Crippen molar-refractivity contribution in [3.05, 3.63) is 63.1 Å². The molecule has 1 amide bonds. The van der Waals surface area contributed by atoms with Crippen LogP contribution >= 0.6 is 23.2 Å². The molecule has 7 nitrogen and oxygen atoms in total. The van der Waals surface area contributed by atoms with E-state index in [4.69, 9.17) is 37.0 Å². The lowest BCUT2D eigenvalue weighted by atomic mass is 9.79. The summed E-state index contributed by atoms with van der Waals surface area (Å²) in [6.07, 6.45) is 3.89. The predicted molar refractivity (Wildman–Crippen MR) is 180 cm³/mol. The molecule has 3 aliphatic heterocycles.